The molecule has 0 heterocycles. The van der Waals surface area contributed by atoms with Crippen LogP contribution in [-0.2, 0) is 0 Å². The van der Waals surface area contributed by atoms with Gasteiger partial charge >= 0.3 is 0 Å². The predicted octanol–water partition coefficient (Wildman–Crippen LogP) is 3.00. The Morgan fingerprint density at radius 2 is 2.22 bits per heavy atom. The fourth-order valence-electron chi connectivity index (χ4n) is 2.81. The van der Waals surface area contributed by atoms with Gasteiger partial charge in [-0.15, -0.1) is 0 Å². The predicted molar refractivity (Wildman–Crippen MR) is 71.8 cm³/mol. The molecule has 1 aromatic carbocycles. The third-order valence-electron chi connectivity index (χ3n) is 4.10. The molecule has 0 bridgehead atoms. The number of nitro groups is 1. The molecule has 4 heteroatoms. The molecule has 1 N–H and O–H groups in total. The van der Waals surface area contributed by atoms with Crippen molar-refractivity contribution in [3.63, 3.8) is 0 Å². The van der Waals surface area contributed by atoms with Crippen LogP contribution in [0, 0.1) is 23.0 Å². The number of rotatable bonds is 4. The Labute approximate surface area is 108 Å². The molecule has 1 aromatic rings. The molecule has 18 heavy (non-hydrogen) atoms. The van der Waals surface area contributed by atoms with Gasteiger partial charge in [0, 0.05) is 17.7 Å². The number of nitro benzene ring substituents is 1. The molecular weight excluding hydrogens is 228 g/mol. The van der Waals surface area contributed by atoms with Crippen molar-refractivity contribution in [3.05, 3.63) is 39.4 Å². The molecule has 4 nitrogen and oxygen atoms in total. The Kier molecular flexibility index (Phi) is 3.66. The minimum atomic E-state index is -0.288. The monoisotopic (exact) mass is 248 g/mol. The quantitative estimate of drug-likeness (QED) is 0.658. The van der Waals surface area contributed by atoms with Crippen molar-refractivity contribution in [1.82, 2.24) is 5.32 Å². The van der Waals surface area contributed by atoms with E-state index in [9.17, 15) is 10.1 Å². The Morgan fingerprint density at radius 3 is 2.78 bits per heavy atom. The van der Waals surface area contributed by atoms with Crippen molar-refractivity contribution in [2.75, 3.05) is 6.54 Å². The summed E-state index contributed by atoms with van der Waals surface area (Å²) in [6.45, 7) is 7.09. The maximum Gasteiger partial charge on any atom is 0.272 e. The van der Waals surface area contributed by atoms with Gasteiger partial charge < -0.3 is 5.32 Å². The third-order valence-corrected chi connectivity index (χ3v) is 4.10. The summed E-state index contributed by atoms with van der Waals surface area (Å²) in [5.41, 5.74) is 2.08. The zero-order valence-electron chi connectivity index (χ0n) is 11.1. The highest BCUT2D eigenvalue weighted by Crippen LogP contribution is 2.43. The summed E-state index contributed by atoms with van der Waals surface area (Å²) in [4.78, 5) is 10.7. The zero-order valence-corrected chi connectivity index (χ0v) is 11.1. The normalized spacial score (nSPS) is 26.7. The first kappa shape index (κ1) is 13.0. The van der Waals surface area contributed by atoms with E-state index in [1.807, 2.05) is 12.1 Å². The van der Waals surface area contributed by atoms with Gasteiger partial charge in [0.05, 0.1) is 4.92 Å². The van der Waals surface area contributed by atoms with Crippen LogP contribution in [-0.4, -0.2) is 17.5 Å². The second-order valence-electron chi connectivity index (χ2n) is 5.17. The number of nitrogens with zero attached hydrogens (tertiary/aromatic N) is 1. The summed E-state index contributed by atoms with van der Waals surface area (Å²) in [6.07, 6.45) is 1.08. The molecule has 1 saturated carbocycles. The van der Waals surface area contributed by atoms with Crippen LogP contribution in [0.3, 0.4) is 0 Å². The van der Waals surface area contributed by atoms with Crippen LogP contribution < -0.4 is 5.32 Å². The number of nitrogens with one attached hydrogen (secondary N) is 1. The molecule has 3 unspecified atom stereocenters. The smallest absolute Gasteiger partial charge is 0.272 e. The van der Waals surface area contributed by atoms with Crippen LogP contribution in [0.2, 0.25) is 0 Å². The molecule has 0 spiro atoms. The molecule has 0 radical (unpaired) electrons. The molecule has 2 rings (SSSR count). The number of hydrogen-bond donors (Lipinski definition) is 1. The summed E-state index contributed by atoms with van der Waals surface area (Å²) in [5.74, 6) is 1.00. The highest BCUT2D eigenvalue weighted by Gasteiger charge is 2.38. The molecule has 98 valence electrons. The zero-order chi connectivity index (χ0) is 13.3. The van der Waals surface area contributed by atoms with Gasteiger partial charge in [-0.05, 0) is 37.3 Å². The minimum Gasteiger partial charge on any atom is -0.314 e. The van der Waals surface area contributed by atoms with Crippen molar-refractivity contribution >= 4 is 5.69 Å². The lowest BCUT2D eigenvalue weighted by atomic mass is 9.67. The topological polar surface area (TPSA) is 55.2 Å². The van der Waals surface area contributed by atoms with Gasteiger partial charge in [0.15, 0.2) is 0 Å². The largest absolute Gasteiger partial charge is 0.314 e. The van der Waals surface area contributed by atoms with Crippen LogP contribution in [0.15, 0.2) is 18.2 Å². The second kappa shape index (κ2) is 5.06. The van der Waals surface area contributed by atoms with Crippen LogP contribution >= 0.6 is 0 Å². The highest BCUT2D eigenvalue weighted by atomic mass is 16.6. The van der Waals surface area contributed by atoms with Gasteiger partial charge in [-0.1, -0.05) is 26.0 Å². The van der Waals surface area contributed by atoms with Gasteiger partial charge in [-0.2, -0.15) is 0 Å². The van der Waals surface area contributed by atoms with Gasteiger partial charge in [0.1, 0.15) is 0 Å². The molecule has 1 aliphatic rings. The van der Waals surface area contributed by atoms with Crippen LogP contribution in [0.4, 0.5) is 5.69 Å². The summed E-state index contributed by atoms with van der Waals surface area (Å²) in [7, 11) is 0. The summed E-state index contributed by atoms with van der Waals surface area (Å²) in [5, 5.41) is 14.4. The van der Waals surface area contributed by atoms with Crippen molar-refractivity contribution < 1.29 is 4.92 Å². The average Bonchev–Trinajstić information content (AvgIpc) is 2.34. The molecule has 0 amide bonds. The number of aryl methyl sites for hydroxylation is 1. The fraction of sp³-hybridized carbons (Fsp3) is 0.571. The van der Waals surface area contributed by atoms with E-state index in [1.165, 1.54) is 0 Å². The van der Waals surface area contributed by atoms with E-state index >= 15 is 0 Å². The Bertz CT molecular complexity index is 459. The van der Waals surface area contributed by atoms with Gasteiger partial charge in [-0.25, -0.2) is 0 Å². The van der Waals surface area contributed by atoms with E-state index in [4.69, 9.17) is 0 Å². The van der Waals surface area contributed by atoms with Crippen molar-refractivity contribution in [3.8, 4) is 0 Å². The van der Waals surface area contributed by atoms with E-state index in [-0.39, 0.29) is 10.6 Å². The van der Waals surface area contributed by atoms with Crippen LogP contribution in [0.25, 0.3) is 0 Å². The lowest BCUT2D eigenvalue weighted by Gasteiger charge is -2.43. The summed E-state index contributed by atoms with van der Waals surface area (Å²) in [6, 6.07) is 6.20. The van der Waals surface area contributed by atoms with E-state index in [0.717, 1.165) is 24.1 Å². The Morgan fingerprint density at radius 1 is 1.50 bits per heavy atom. The number of benzene rings is 1. The summed E-state index contributed by atoms with van der Waals surface area (Å²) >= 11 is 0. The SMILES string of the molecule is CCNC1CC(c2ccc(C)c([N+](=O)[O-])c2)C1C. The van der Waals surface area contributed by atoms with E-state index in [2.05, 4.69) is 19.2 Å². The van der Waals surface area contributed by atoms with Gasteiger partial charge in [0.25, 0.3) is 5.69 Å². The van der Waals surface area contributed by atoms with E-state index in [0.29, 0.717) is 17.9 Å². The van der Waals surface area contributed by atoms with Crippen LogP contribution in [0.1, 0.15) is 37.3 Å². The molecule has 0 aliphatic heterocycles. The molecule has 3 atom stereocenters. The Balaban J connectivity index is 2.16. The first-order valence-corrected chi connectivity index (χ1v) is 6.53. The minimum absolute atomic E-state index is 0.242. The maximum absolute atomic E-state index is 10.9. The molecule has 0 aromatic heterocycles. The Hall–Kier alpha value is -1.42. The van der Waals surface area contributed by atoms with E-state index < -0.39 is 0 Å². The fourth-order valence-corrected chi connectivity index (χ4v) is 2.81. The first-order chi connectivity index (χ1) is 8.54. The average molecular weight is 248 g/mol. The molecular formula is C14H20N2O2. The first-order valence-electron chi connectivity index (χ1n) is 6.53. The molecule has 0 saturated heterocycles. The molecule has 1 aliphatic carbocycles. The van der Waals surface area contributed by atoms with Crippen molar-refractivity contribution in [2.24, 2.45) is 5.92 Å². The maximum atomic E-state index is 10.9. The second-order valence-corrected chi connectivity index (χ2v) is 5.17. The van der Waals surface area contributed by atoms with Gasteiger partial charge in [0.2, 0.25) is 0 Å². The van der Waals surface area contributed by atoms with E-state index in [1.54, 1.807) is 13.0 Å². The van der Waals surface area contributed by atoms with Crippen molar-refractivity contribution in [2.45, 2.75) is 39.2 Å². The lowest BCUT2D eigenvalue weighted by Crippen LogP contribution is -2.47. The standard InChI is InChI=1S/C14H20N2O2/c1-4-15-13-8-12(10(13)3)11-6-5-9(2)14(7-11)16(17)18/h5-7,10,12-13,15H,4,8H2,1-3H3. The molecule has 1 fully saturated rings. The van der Waals surface area contributed by atoms with Crippen molar-refractivity contribution in [1.29, 1.82) is 0 Å². The summed E-state index contributed by atoms with van der Waals surface area (Å²) < 4.78 is 0. The van der Waals surface area contributed by atoms with Gasteiger partial charge in [-0.3, -0.25) is 10.1 Å². The highest BCUT2D eigenvalue weighted by molar-refractivity contribution is 5.44. The third kappa shape index (κ3) is 2.25. The number of hydrogen-bond acceptors (Lipinski definition) is 3. The van der Waals surface area contributed by atoms with Crippen LogP contribution in [0.5, 0.6) is 0 Å². The lowest BCUT2D eigenvalue weighted by molar-refractivity contribution is -0.385.